The van der Waals surface area contributed by atoms with Crippen molar-refractivity contribution in [2.45, 2.75) is 6.92 Å². The number of benzene rings is 3. The lowest BCUT2D eigenvalue weighted by Gasteiger charge is -2.08. The number of hydrogen-bond donors (Lipinski definition) is 0. The predicted octanol–water partition coefficient (Wildman–Crippen LogP) is 4.92. The highest BCUT2D eigenvalue weighted by Gasteiger charge is 2.12. The monoisotopic (exact) mass is 336 g/mol. The number of rotatable bonds is 2. The highest BCUT2D eigenvalue weighted by molar-refractivity contribution is 5.87. The molecular weight excluding hydrogens is 320 g/mol. The molecule has 5 aromatic rings. The fourth-order valence-corrected chi connectivity index (χ4v) is 3.28. The van der Waals surface area contributed by atoms with Crippen LogP contribution < -0.4 is 0 Å². The second-order valence-electron chi connectivity index (χ2n) is 6.33. The van der Waals surface area contributed by atoms with E-state index in [1.54, 1.807) is 0 Å². The average molecular weight is 336 g/mol. The molecule has 0 saturated carbocycles. The van der Waals surface area contributed by atoms with Gasteiger partial charge < -0.3 is 0 Å². The standard InChI is InChI=1S/C22H16N4/c1-15-23-22-24-20(19-12-11-16-7-5-6-10-18(16)13-19)14-21(26(22)25-15)17-8-3-2-4-9-17/h2-14H,1H3. The molecule has 0 bridgehead atoms. The third-order valence-corrected chi connectivity index (χ3v) is 4.53. The van der Waals surface area contributed by atoms with Crippen LogP contribution in [-0.4, -0.2) is 19.6 Å². The Kier molecular flexibility index (Phi) is 3.28. The van der Waals surface area contributed by atoms with Gasteiger partial charge in [-0.2, -0.15) is 9.50 Å². The van der Waals surface area contributed by atoms with Crippen LogP contribution in [0.3, 0.4) is 0 Å². The van der Waals surface area contributed by atoms with Crippen LogP contribution in [0.15, 0.2) is 78.9 Å². The second kappa shape index (κ2) is 5.77. The molecule has 0 saturated heterocycles. The molecular formula is C22H16N4. The van der Waals surface area contributed by atoms with Crippen LogP contribution in [0.2, 0.25) is 0 Å². The molecule has 0 radical (unpaired) electrons. The average Bonchev–Trinajstić information content (AvgIpc) is 3.07. The Morgan fingerprint density at radius 2 is 1.46 bits per heavy atom. The summed E-state index contributed by atoms with van der Waals surface area (Å²) in [5.74, 6) is 1.33. The Hall–Kier alpha value is -3.53. The maximum atomic E-state index is 4.75. The molecule has 0 N–H and O–H groups in total. The predicted molar refractivity (Wildman–Crippen MR) is 104 cm³/mol. The smallest absolute Gasteiger partial charge is 0.211 e. The number of fused-ring (bicyclic) bond motifs is 2. The van der Waals surface area contributed by atoms with E-state index in [1.807, 2.05) is 29.6 Å². The molecule has 0 atom stereocenters. The Morgan fingerprint density at radius 3 is 2.31 bits per heavy atom. The van der Waals surface area contributed by atoms with Gasteiger partial charge in [-0.25, -0.2) is 4.98 Å². The van der Waals surface area contributed by atoms with Crippen LogP contribution >= 0.6 is 0 Å². The Labute approximate surface area is 150 Å². The molecule has 3 aromatic carbocycles. The zero-order valence-corrected chi connectivity index (χ0v) is 14.3. The zero-order valence-electron chi connectivity index (χ0n) is 14.3. The van der Waals surface area contributed by atoms with Crippen molar-refractivity contribution in [1.82, 2.24) is 19.6 Å². The van der Waals surface area contributed by atoms with Gasteiger partial charge in [-0.15, -0.1) is 5.10 Å². The summed E-state index contributed by atoms with van der Waals surface area (Å²) in [6, 6.07) is 27.1. The van der Waals surface area contributed by atoms with Crippen molar-refractivity contribution < 1.29 is 0 Å². The minimum Gasteiger partial charge on any atom is -0.211 e. The van der Waals surface area contributed by atoms with E-state index in [1.165, 1.54) is 10.8 Å². The Morgan fingerprint density at radius 1 is 0.692 bits per heavy atom. The maximum Gasteiger partial charge on any atom is 0.253 e. The van der Waals surface area contributed by atoms with E-state index in [2.05, 4.69) is 70.7 Å². The Balaban J connectivity index is 1.77. The van der Waals surface area contributed by atoms with E-state index in [-0.39, 0.29) is 0 Å². The van der Waals surface area contributed by atoms with Crippen molar-refractivity contribution in [3.8, 4) is 22.5 Å². The fourth-order valence-electron chi connectivity index (χ4n) is 3.28. The summed E-state index contributed by atoms with van der Waals surface area (Å²) < 4.78 is 1.81. The van der Waals surface area contributed by atoms with Crippen molar-refractivity contribution in [3.63, 3.8) is 0 Å². The van der Waals surface area contributed by atoms with Gasteiger partial charge in [0.1, 0.15) is 5.82 Å². The van der Waals surface area contributed by atoms with Gasteiger partial charge >= 0.3 is 0 Å². The third-order valence-electron chi connectivity index (χ3n) is 4.53. The minimum atomic E-state index is 0.618. The van der Waals surface area contributed by atoms with Crippen LogP contribution in [0.5, 0.6) is 0 Å². The van der Waals surface area contributed by atoms with Crippen molar-refractivity contribution in [2.24, 2.45) is 0 Å². The number of aromatic nitrogens is 4. The number of nitrogens with zero attached hydrogens (tertiary/aromatic N) is 4. The SMILES string of the molecule is Cc1nc2nc(-c3ccc4ccccc4c3)cc(-c3ccccc3)n2n1. The van der Waals surface area contributed by atoms with Gasteiger partial charge in [0.15, 0.2) is 0 Å². The molecule has 5 rings (SSSR count). The van der Waals surface area contributed by atoms with Crippen molar-refractivity contribution in [3.05, 3.63) is 84.7 Å². The lowest BCUT2D eigenvalue weighted by atomic mass is 10.0. The molecule has 0 fully saturated rings. The number of aryl methyl sites for hydroxylation is 1. The zero-order chi connectivity index (χ0) is 17.5. The largest absolute Gasteiger partial charge is 0.253 e. The fraction of sp³-hybridized carbons (Fsp3) is 0.0455. The van der Waals surface area contributed by atoms with Gasteiger partial charge in [-0.1, -0.05) is 66.7 Å². The molecule has 26 heavy (non-hydrogen) atoms. The molecule has 124 valence electrons. The lowest BCUT2D eigenvalue weighted by molar-refractivity contribution is 0.925. The summed E-state index contributed by atoms with van der Waals surface area (Å²) in [6.45, 7) is 1.89. The summed E-state index contributed by atoms with van der Waals surface area (Å²) in [4.78, 5) is 9.24. The van der Waals surface area contributed by atoms with Crippen molar-refractivity contribution in [2.75, 3.05) is 0 Å². The number of hydrogen-bond acceptors (Lipinski definition) is 3. The van der Waals surface area contributed by atoms with E-state index in [4.69, 9.17) is 4.98 Å². The van der Waals surface area contributed by atoms with Crippen LogP contribution in [0.25, 0.3) is 39.1 Å². The van der Waals surface area contributed by atoms with Gasteiger partial charge in [-0.05, 0) is 29.8 Å². The van der Waals surface area contributed by atoms with Gasteiger partial charge in [0, 0.05) is 11.1 Å². The van der Waals surface area contributed by atoms with Crippen LogP contribution in [0.1, 0.15) is 5.82 Å². The normalized spacial score (nSPS) is 11.3. The molecule has 0 amide bonds. The van der Waals surface area contributed by atoms with Crippen LogP contribution in [0.4, 0.5) is 0 Å². The summed E-state index contributed by atoms with van der Waals surface area (Å²) >= 11 is 0. The Bertz CT molecular complexity index is 1240. The van der Waals surface area contributed by atoms with Crippen LogP contribution in [0, 0.1) is 6.92 Å². The summed E-state index contributed by atoms with van der Waals surface area (Å²) in [5, 5.41) is 6.94. The first-order chi connectivity index (χ1) is 12.8. The molecule has 0 aliphatic heterocycles. The molecule has 2 heterocycles. The molecule has 0 aliphatic rings. The first-order valence-electron chi connectivity index (χ1n) is 8.57. The highest BCUT2D eigenvalue weighted by Crippen LogP contribution is 2.28. The first-order valence-corrected chi connectivity index (χ1v) is 8.57. The van der Waals surface area contributed by atoms with Crippen molar-refractivity contribution >= 4 is 16.6 Å². The van der Waals surface area contributed by atoms with E-state index in [9.17, 15) is 0 Å². The van der Waals surface area contributed by atoms with Gasteiger partial charge in [0.2, 0.25) is 0 Å². The summed E-state index contributed by atoms with van der Waals surface area (Å²) in [7, 11) is 0. The van der Waals surface area contributed by atoms with Crippen LogP contribution in [-0.2, 0) is 0 Å². The maximum absolute atomic E-state index is 4.75. The van der Waals surface area contributed by atoms with E-state index >= 15 is 0 Å². The van der Waals surface area contributed by atoms with E-state index < -0.39 is 0 Å². The van der Waals surface area contributed by atoms with E-state index in [0.717, 1.165) is 22.5 Å². The molecule has 0 spiro atoms. The topological polar surface area (TPSA) is 43.1 Å². The highest BCUT2D eigenvalue weighted by atomic mass is 15.3. The minimum absolute atomic E-state index is 0.618. The molecule has 0 unspecified atom stereocenters. The van der Waals surface area contributed by atoms with E-state index in [0.29, 0.717) is 11.6 Å². The van der Waals surface area contributed by atoms with Gasteiger partial charge in [0.25, 0.3) is 5.78 Å². The summed E-state index contributed by atoms with van der Waals surface area (Å²) in [5.41, 5.74) is 4.05. The molecule has 2 aromatic heterocycles. The third kappa shape index (κ3) is 2.43. The first kappa shape index (κ1) is 14.8. The molecule has 4 nitrogen and oxygen atoms in total. The van der Waals surface area contributed by atoms with Crippen molar-refractivity contribution in [1.29, 1.82) is 0 Å². The lowest BCUT2D eigenvalue weighted by Crippen LogP contribution is -1.98. The molecule has 0 aliphatic carbocycles. The van der Waals surface area contributed by atoms with Gasteiger partial charge in [0.05, 0.1) is 11.4 Å². The van der Waals surface area contributed by atoms with Gasteiger partial charge in [-0.3, -0.25) is 0 Å². The molecule has 4 heteroatoms. The quantitative estimate of drug-likeness (QED) is 0.459. The second-order valence-corrected chi connectivity index (χ2v) is 6.33. The summed E-state index contributed by atoms with van der Waals surface area (Å²) in [6.07, 6.45) is 0.